The van der Waals surface area contributed by atoms with Crippen LogP contribution in [0.15, 0.2) is 30.5 Å². The molecule has 0 aliphatic rings. The Morgan fingerprint density at radius 1 is 1.47 bits per heavy atom. The molecule has 0 bridgehead atoms. The lowest BCUT2D eigenvalue weighted by molar-refractivity contribution is 0.415. The van der Waals surface area contributed by atoms with Crippen LogP contribution in [0.5, 0.6) is 5.75 Å². The number of benzene rings is 1. The monoisotopic (exact) mass is 251 g/mol. The maximum absolute atomic E-state index is 5.91. The van der Waals surface area contributed by atoms with E-state index >= 15 is 0 Å². The van der Waals surface area contributed by atoms with Crippen molar-refractivity contribution in [2.45, 2.75) is 6.54 Å². The number of rotatable bonds is 4. The summed E-state index contributed by atoms with van der Waals surface area (Å²) < 4.78 is 6.99. The fourth-order valence-corrected chi connectivity index (χ4v) is 1.65. The first-order valence-electron chi connectivity index (χ1n) is 5.24. The van der Waals surface area contributed by atoms with Gasteiger partial charge in [0.1, 0.15) is 16.7 Å². The number of halogens is 1. The van der Waals surface area contributed by atoms with Gasteiger partial charge in [-0.25, -0.2) is 4.98 Å². The Morgan fingerprint density at radius 2 is 2.29 bits per heavy atom. The van der Waals surface area contributed by atoms with E-state index in [0.717, 1.165) is 17.3 Å². The molecule has 5 heteroatoms. The second-order valence-electron chi connectivity index (χ2n) is 3.64. The third-order valence-corrected chi connectivity index (χ3v) is 2.90. The van der Waals surface area contributed by atoms with Gasteiger partial charge in [-0.15, -0.1) is 0 Å². The predicted molar refractivity (Wildman–Crippen MR) is 68.5 cm³/mol. The lowest BCUT2D eigenvalue weighted by Gasteiger charge is -2.08. The van der Waals surface area contributed by atoms with Crippen LogP contribution in [0.1, 0.15) is 5.82 Å². The highest BCUT2D eigenvalue weighted by Crippen LogP contribution is 2.17. The van der Waals surface area contributed by atoms with Crippen LogP contribution in [0.4, 0.5) is 5.69 Å². The van der Waals surface area contributed by atoms with E-state index in [1.165, 1.54) is 0 Å². The highest BCUT2D eigenvalue weighted by Gasteiger charge is 2.03. The van der Waals surface area contributed by atoms with E-state index in [0.29, 0.717) is 11.7 Å². The van der Waals surface area contributed by atoms with Crippen molar-refractivity contribution < 1.29 is 4.74 Å². The minimum atomic E-state index is 0.621. The summed E-state index contributed by atoms with van der Waals surface area (Å²) in [7, 11) is 3.54. The molecular weight excluding hydrogens is 238 g/mol. The topological polar surface area (TPSA) is 39.1 Å². The van der Waals surface area contributed by atoms with Gasteiger partial charge in [0.25, 0.3) is 0 Å². The molecule has 0 fully saturated rings. The zero-order valence-electron chi connectivity index (χ0n) is 9.77. The highest BCUT2D eigenvalue weighted by molar-refractivity contribution is 6.29. The molecule has 0 saturated heterocycles. The first-order valence-corrected chi connectivity index (χ1v) is 5.62. The molecule has 0 saturated carbocycles. The molecule has 0 aliphatic heterocycles. The predicted octanol–water partition coefficient (Wildman–Crippen LogP) is 2.69. The maximum Gasteiger partial charge on any atom is 0.128 e. The summed E-state index contributed by atoms with van der Waals surface area (Å²) in [4.78, 5) is 4.21. The van der Waals surface area contributed by atoms with Crippen LogP contribution < -0.4 is 10.1 Å². The van der Waals surface area contributed by atoms with Crippen LogP contribution >= 0.6 is 11.6 Å². The van der Waals surface area contributed by atoms with E-state index in [-0.39, 0.29) is 0 Å². The molecular formula is C12H14ClN3O. The summed E-state index contributed by atoms with van der Waals surface area (Å²) in [5.41, 5.74) is 0.989. The van der Waals surface area contributed by atoms with Crippen molar-refractivity contribution in [3.8, 4) is 5.75 Å². The Kier molecular flexibility index (Phi) is 3.54. The summed E-state index contributed by atoms with van der Waals surface area (Å²) in [5.74, 6) is 1.71. The lowest BCUT2D eigenvalue weighted by Crippen LogP contribution is -2.06. The number of nitrogens with one attached hydrogen (secondary N) is 1. The molecule has 2 rings (SSSR count). The first kappa shape index (κ1) is 11.8. The van der Waals surface area contributed by atoms with Crippen molar-refractivity contribution in [2.24, 2.45) is 7.05 Å². The Balaban J connectivity index is 2.04. The summed E-state index contributed by atoms with van der Waals surface area (Å²) in [5, 5.41) is 3.90. The first-order chi connectivity index (χ1) is 8.20. The Labute approximate surface area is 105 Å². The Morgan fingerprint density at radius 3 is 2.94 bits per heavy atom. The van der Waals surface area contributed by atoms with Crippen LogP contribution in [0.25, 0.3) is 0 Å². The third-order valence-electron chi connectivity index (χ3n) is 2.55. The van der Waals surface area contributed by atoms with Gasteiger partial charge in [-0.2, -0.15) is 0 Å². The average molecular weight is 252 g/mol. The van der Waals surface area contributed by atoms with Crippen LogP contribution in [0.2, 0.25) is 5.15 Å². The lowest BCUT2D eigenvalue weighted by atomic mass is 10.3. The van der Waals surface area contributed by atoms with Gasteiger partial charge in [0, 0.05) is 18.8 Å². The van der Waals surface area contributed by atoms with Gasteiger partial charge in [0.15, 0.2) is 0 Å². The number of hydrogen-bond donors (Lipinski definition) is 1. The number of methoxy groups -OCH3 is 1. The maximum atomic E-state index is 5.91. The molecule has 0 radical (unpaired) electrons. The van der Waals surface area contributed by atoms with Gasteiger partial charge >= 0.3 is 0 Å². The van der Waals surface area contributed by atoms with Crippen molar-refractivity contribution in [1.82, 2.24) is 9.55 Å². The second kappa shape index (κ2) is 5.10. The van der Waals surface area contributed by atoms with E-state index in [2.05, 4.69) is 10.3 Å². The van der Waals surface area contributed by atoms with Gasteiger partial charge in [-0.3, -0.25) is 0 Å². The molecule has 1 N–H and O–H groups in total. The van der Waals surface area contributed by atoms with Crippen molar-refractivity contribution >= 4 is 17.3 Å². The van der Waals surface area contributed by atoms with E-state index in [9.17, 15) is 0 Å². The highest BCUT2D eigenvalue weighted by atomic mass is 35.5. The smallest absolute Gasteiger partial charge is 0.128 e. The molecule has 1 aromatic heterocycles. The van der Waals surface area contributed by atoms with E-state index < -0.39 is 0 Å². The van der Waals surface area contributed by atoms with Crippen molar-refractivity contribution in [2.75, 3.05) is 12.4 Å². The van der Waals surface area contributed by atoms with Crippen molar-refractivity contribution in [3.63, 3.8) is 0 Å². The quantitative estimate of drug-likeness (QED) is 0.908. The molecule has 2 aromatic rings. The fourth-order valence-electron chi connectivity index (χ4n) is 1.50. The SMILES string of the molecule is COc1cccc(NCc2ncc(Cl)n2C)c1. The van der Waals surface area contributed by atoms with Crippen molar-refractivity contribution in [3.05, 3.63) is 41.4 Å². The van der Waals surface area contributed by atoms with Gasteiger partial charge in [-0.05, 0) is 12.1 Å². The summed E-state index contributed by atoms with van der Waals surface area (Å²) >= 11 is 5.91. The van der Waals surface area contributed by atoms with Gasteiger partial charge in [0.2, 0.25) is 0 Å². The van der Waals surface area contributed by atoms with E-state index in [1.807, 2.05) is 35.9 Å². The second-order valence-corrected chi connectivity index (χ2v) is 4.03. The molecule has 0 atom stereocenters. The summed E-state index contributed by atoms with van der Waals surface area (Å²) in [6, 6.07) is 7.76. The number of aromatic nitrogens is 2. The number of anilines is 1. The van der Waals surface area contributed by atoms with Gasteiger partial charge in [0.05, 0.1) is 19.9 Å². The van der Waals surface area contributed by atoms with Crippen LogP contribution in [-0.4, -0.2) is 16.7 Å². The normalized spacial score (nSPS) is 10.3. The fraction of sp³-hybridized carbons (Fsp3) is 0.250. The number of hydrogen-bond acceptors (Lipinski definition) is 3. The molecule has 4 nitrogen and oxygen atoms in total. The number of ether oxygens (including phenoxy) is 1. The average Bonchev–Trinajstić information content (AvgIpc) is 2.68. The van der Waals surface area contributed by atoms with Gasteiger partial charge < -0.3 is 14.6 Å². The van der Waals surface area contributed by atoms with Crippen molar-refractivity contribution in [1.29, 1.82) is 0 Å². The minimum Gasteiger partial charge on any atom is -0.497 e. The van der Waals surface area contributed by atoms with Crippen LogP contribution in [-0.2, 0) is 13.6 Å². The molecule has 17 heavy (non-hydrogen) atoms. The Hall–Kier alpha value is -1.68. The number of nitrogens with zero attached hydrogens (tertiary/aromatic N) is 2. The van der Waals surface area contributed by atoms with E-state index in [1.54, 1.807) is 13.3 Å². The minimum absolute atomic E-state index is 0.621. The summed E-state index contributed by atoms with van der Waals surface area (Å²) in [6.07, 6.45) is 1.64. The molecule has 0 aliphatic carbocycles. The Bertz CT molecular complexity index is 510. The largest absolute Gasteiger partial charge is 0.497 e. The van der Waals surface area contributed by atoms with Crippen LogP contribution in [0, 0.1) is 0 Å². The van der Waals surface area contributed by atoms with Crippen LogP contribution in [0.3, 0.4) is 0 Å². The number of imidazole rings is 1. The molecule has 0 unspecified atom stereocenters. The zero-order valence-corrected chi connectivity index (χ0v) is 10.5. The zero-order chi connectivity index (χ0) is 12.3. The molecule has 90 valence electrons. The standard InChI is InChI=1S/C12H14ClN3O/c1-16-11(13)7-15-12(16)8-14-9-4-3-5-10(6-9)17-2/h3-7,14H,8H2,1-2H3. The molecule has 0 spiro atoms. The van der Waals surface area contributed by atoms with E-state index in [4.69, 9.17) is 16.3 Å². The molecule has 1 heterocycles. The molecule has 1 aromatic carbocycles. The van der Waals surface area contributed by atoms with Gasteiger partial charge in [-0.1, -0.05) is 17.7 Å². The summed E-state index contributed by atoms with van der Waals surface area (Å²) in [6.45, 7) is 0.621. The molecule has 0 amide bonds. The third kappa shape index (κ3) is 2.71.